The number of nitrogens with one attached hydrogen (secondary N) is 1. The summed E-state index contributed by atoms with van der Waals surface area (Å²) in [5, 5.41) is 3.72. The third kappa shape index (κ3) is 1.19. The second-order valence-electron chi connectivity index (χ2n) is 4.77. The van der Waals surface area contributed by atoms with Gasteiger partial charge in [-0.15, -0.1) is 0 Å². The van der Waals surface area contributed by atoms with E-state index in [0.29, 0.717) is 5.54 Å². The topological polar surface area (TPSA) is 12.0 Å². The molecule has 1 aromatic rings. The van der Waals surface area contributed by atoms with Crippen molar-refractivity contribution in [3.05, 3.63) is 34.9 Å². The van der Waals surface area contributed by atoms with Crippen LogP contribution in [0.25, 0.3) is 0 Å². The van der Waals surface area contributed by atoms with Gasteiger partial charge in [0.05, 0.1) is 0 Å². The Bertz CT molecular complexity index is 363. The summed E-state index contributed by atoms with van der Waals surface area (Å²) in [6.45, 7) is 3.38. The first kappa shape index (κ1) is 8.49. The van der Waals surface area contributed by atoms with Crippen LogP contribution < -0.4 is 5.32 Å². The van der Waals surface area contributed by atoms with Crippen molar-refractivity contribution in [1.29, 1.82) is 0 Å². The van der Waals surface area contributed by atoms with Gasteiger partial charge in [-0.05, 0) is 50.3 Å². The van der Waals surface area contributed by atoms with E-state index >= 15 is 0 Å². The molecular weight excluding hydrogens is 170 g/mol. The molecule has 1 heterocycles. The largest absolute Gasteiger partial charge is 0.307 e. The van der Waals surface area contributed by atoms with Gasteiger partial charge in [-0.2, -0.15) is 0 Å². The molecule has 3 rings (SSSR count). The van der Waals surface area contributed by atoms with Gasteiger partial charge in [-0.3, -0.25) is 0 Å². The predicted molar refractivity (Wildman–Crippen MR) is 58.4 cm³/mol. The lowest BCUT2D eigenvalue weighted by Gasteiger charge is -2.17. The van der Waals surface area contributed by atoms with Crippen molar-refractivity contribution in [3.8, 4) is 0 Å². The number of hydrogen-bond acceptors (Lipinski definition) is 1. The molecule has 1 aliphatic heterocycles. The lowest BCUT2D eigenvalue weighted by Crippen LogP contribution is -2.28. The third-order valence-corrected chi connectivity index (χ3v) is 3.62. The van der Waals surface area contributed by atoms with Crippen molar-refractivity contribution in [2.24, 2.45) is 0 Å². The number of rotatable bonds is 0. The van der Waals surface area contributed by atoms with E-state index in [4.69, 9.17) is 0 Å². The molecule has 1 heteroatoms. The molecular formula is C13H17N. The number of benzene rings is 1. The highest BCUT2D eigenvalue weighted by atomic mass is 15.0. The zero-order valence-electron chi connectivity index (χ0n) is 8.77. The smallest absolute Gasteiger partial charge is 0.0439 e. The molecule has 1 aliphatic carbocycles. The molecule has 0 amide bonds. The number of hydrogen-bond donors (Lipinski definition) is 1. The van der Waals surface area contributed by atoms with E-state index in [2.05, 4.69) is 30.4 Å². The molecule has 74 valence electrons. The second kappa shape index (κ2) is 2.83. The van der Waals surface area contributed by atoms with Gasteiger partial charge in [0, 0.05) is 5.54 Å². The van der Waals surface area contributed by atoms with Crippen molar-refractivity contribution in [3.63, 3.8) is 0 Å². The molecule has 1 aromatic carbocycles. The number of aryl methyl sites for hydroxylation is 2. The summed E-state index contributed by atoms with van der Waals surface area (Å²) in [6.07, 6.45) is 5.22. The van der Waals surface area contributed by atoms with Gasteiger partial charge < -0.3 is 5.32 Å². The Hall–Kier alpha value is -0.820. The zero-order valence-corrected chi connectivity index (χ0v) is 8.77. The van der Waals surface area contributed by atoms with Crippen molar-refractivity contribution in [2.75, 3.05) is 6.54 Å². The van der Waals surface area contributed by atoms with Crippen LogP contribution in [-0.4, -0.2) is 6.54 Å². The normalized spacial score (nSPS) is 22.9. The lowest BCUT2D eigenvalue weighted by molar-refractivity contribution is 0.529. The summed E-state index contributed by atoms with van der Waals surface area (Å²) in [5.74, 6) is 0. The Kier molecular flexibility index (Phi) is 1.72. The lowest BCUT2D eigenvalue weighted by atomic mass is 9.95. The van der Waals surface area contributed by atoms with Crippen molar-refractivity contribution in [2.45, 2.75) is 38.1 Å². The highest BCUT2D eigenvalue weighted by Crippen LogP contribution is 2.48. The van der Waals surface area contributed by atoms with Gasteiger partial charge in [0.15, 0.2) is 0 Å². The van der Waals surface area contributed by atoms with E-state index in [0.717, 1.165) is 0 Å². The average molecular weight is 187 g/mol. The van der Waals surface area contributed by atoms with Crippen LogP contribution in [0.1, 0.15) is 36.0 Å². The first-order valence-electron chi connectivity index (χ1n) is 5.65. The van der Waals surface area contributed by atoms with Crippen molar-refractivity contribution >= 4 is 0 Å². The van der Waals surface area contributed by atoms with Gasteiger partial charge in [0.25, 0.3) is 0 Å². The van der Waals surface area contributed by atoms with Crippen LogP contribution in [0, 0.1) is 6.92 Å². The Morgan fingerprint density at radius 1 is 1.29 bits per heavy atom. The maximum atomic E-state index is 3.72. The molecule has 0 radical (unpaired) electrons. The maximum absolute atomic E-state index is 3.72. The van der Waals surface area contributed by atoms with E-state index < -0.39 is 0 Å². The SMILES string of the molecule is Cc1ccc2c(c1)C1(CC1)NCCC2. The molecule has 1 fully saturated rings. The van der Waals surface area contributed by atoms with Crippen molar-refractivity contribution < 1.29 is 0 Å². The molecule has 0 saturated heterocycles. The molecule has 0 atom stereocenters. The van der Waals surface area contributed by atoms with E-state index in [1.165, 1.54) is 37.8 Å². The Morgan fingerprint density at radius 3 is 2.93 bits per heavy atom. The minimum atomic E-state index is 0.387. The molecule has 14 heavy (non-hydrogen) atoms. The van der Waals surface area contributed by atoms with Gasteiger partial charge in [0.2, 0.25) is 0 Å². The molecule has 1 N–H and O–H groups in total. The van der Waals surface area contributed by atoms with Crippen LogP contribution >= 0.6 is 0 Å². The summed E-state index contributed by atoms with van der Waals surface area (Å²) in [6, 6.07) is 6.97. The van der Waals surface area contributed by atoms with Gasteiger partial charge in [0.1, 0.15) is 0 Å². The van der Waals surface area contributed by atoms with Crippen LogP contribution in [0.15, 0.2) is 18.2 Å². The maximum Gasteiger partial charge on any atom is 0.0439 e. The zero-order chi connectivity index (χ0) is 9.60. The molecule has 1 nitrogen and oxygen atoms in total. The Balaban J connectivity index is 2.13. The second-order valence-corrected chi connectivity index (χ2v) is 4.77. The highest BCUT2D eigenvalue weighted by Gasteiger charge is 2.45. The summed E-state index contributed by atoms with van der Waals surface area (Å²) in [5.41, 5.74) is 4.96. The fourth-order valence-corrected chi connectivity index (χ4v) is 2.63. The standard InChI is InChI=1S/C13H17N/c1-10-4-5-11-3-2-8-14-13(6-7-13)12(11)9-10/h4-5,9,14H,2-3,6-8H2,1H3. The fourth-order valence-electron chi connectivity index (χ4n) is 2.63. The van der Waals surface area contributed by atoms with Gasteiger partial charge >= 0.3 is 0 Å². The fraction of sp³-hybridized carbons (Fsp3) is 0.538. The Morgan fingerprint density at radius 2 is 2.14 bits per heavy atom. The monoisotopic (exact) mass is 187 g/mol. The quantitative estimate of drug-likeness (QED) is 0.658. The van der Waals surface area contributed by atoms with Gasteiger partial charge in [-0.25, -0.2) is 0 Å². The van der Waals surface area contributed by atoms with Crippen molar-refractivity contribution in [1.82, 2.24) is 5.32 Å². The van der Waals surface area contributed by atoms with E-state index in [-0.39, 0.29) is 0 Å². The van der Waals surface area contributed by atoms with Gasteiger partial charge in [-0.1, -0.05) is 23.8 Å². The molecule has 0 bridgehead atoms. The molecule has 0 unspecified atom stereocenters. The summed E-state index contributed by atoms with van der Waals surface area (Å²) >= 11 is 0. The average Bonchev–Trinajstić information content (AvgIpc) is 2.97. The summed E-state index contributed by atoms with van der Waals surface area (Å²) in [4.78, 5) is 0. The van der Waals surface area contributed by atoms with Crippen LogP contribution in [0.2, 0.25) is 0 Å². The van der Waals surface area contributed by atoms with Crippen LogP contribution in [0.3, 0.4) is 0 Å². The summed E-state index contributed by atoms with van der Waals surface area (Å²) in [7, 11) is 0. The molecule has 1 saturated carbocycles. The van der Waals surface area contributed by atoms with Crippen LogP contribution in [0.4, 0.5) is 0 Å². The minimum absolute atomic E-state index is 0.387. The van der Waals surface area contributed by atoms with Crippen LogP contribution in [0.5, 0.6) is 0 Å². The van der Waals surface area contributed by atoms with Crippen LogP contribution in [-0.2, 0) is 12.0 Å². The molecule has 1 spiro atoms. The summed E-state index contributed by atoms with van der Waals surface area (Å²) < 4.78 is 0. The first-order valence-corrected chi connectivity index (χ1v) is 5.65. The first-order chi connectivity index (χ1) is 6.80. The van der Waals surface area contributed by atoms with E-state index in [1.54, 1.807) is 11.1 Å². The van der Waals surface area contributed by atoms with E-state index in [9.17, 15) is 0 Å². The molecule has 2 aliphatic rings. The third-order valence-electron chi connectivity index (χ3n) is 3.62. The predicted octanol–water partition coefficient (Wildman–Crippen LogP) is 2.52. The Labute approximate surface area is 85.5 Å². The van der Waals surface area contributed by atoms with E-state index in [1.807, 2.05) is 0 Å². The minimum Gasteiger partial charge on any atom is -0.307 e. The molecule has 0 aromatic heterocycles. The number of fused-ring (bicyclic) bond motifs is 2. The highest BCUT2D eigenvalue weighted by molar-refractivity contribution is 5.41.